The zero-order chi connectivity index (χ0) is 21.0. The van der Waals surface area contributed by atoms with Gasteiger partial charge in [0.25, 0.3) is 10.1 Å². The molecule has 0 aliphatic heterocycles. The number of nitrogens with two attached hydrogens (primary N) is 1. The highest BCUT2D eigenvalue weighted by molar-refractivity contribution is 7.86. The van der Waals surface area contributed by atoms with Crippen LogP contribution in [0, 0.1) is 0 Å². The molecule has 29 heavy (non-hydrogen) atoms. The summed E-state index contributed by atoms with van der Waals surface area (Å²) in [4.78, 5) is 4.02. The molecule has 8 heteroatoms. The Morgan fingerprint density at radius 3 is 2.41 bits per heavy atom. The summed E-state index contributed by atoms with van der Waals surface area (Å²) in [5, 5.41) is 8.91. The maximum absolute atomic E-state index is 11.8. The number of azo groups is 1. The van der Waals surface area contributed by atoms with Gasteiger partial charge in [0.05, 0.1) is 17.6 Å². The van der Waals surface area contributed by atoms with Crippen LogP contribution >= 0.6 is 0 Å². The number of benzene rings is 2. The van der Waals surface area contributed by atoms with E-state index in [1.807, 2.05) is 0 Å². The molecule has 146 valence electrons. The molecule has 0 bridgehead atoms. The molecule has 0 aliphatic carbocycles. The molecule has 1 heterocycles. The van der Waals surface area contributed by atoms with E-state index in [2.05, 4.69) is 28.4 Å². The van der Waals surface area contributed by atoms with E-state index in [1.165, 1.54) is 12.3 Å². The van der Waals surface area contributed by atoms with Crippen LogP contribution in [0.3, 0.4) is 0 Å². The van der Waals surface area contributed by atoms with Gasteiger partial charge < -0.3 is 5.73 Å². The average molecular weight is 406 g/mol. The lowest BCUT2D eigenvalue weighted by Gasteiger charge is -2.09. The zero-order valence-electron chi connectivity index (χ0n) is 15.4. The maximum atomic E-state index is 11.8. The van der Waals surface area contributed by atoms with Crippen LogP contribution in [0.5, 0.6) is 0 Å². The number of allylic oxidation sites excluding steroid dienone is 4. The van der Waals surface area contributed by atoms with Crippen LogP contribution in [0.4, 0.5) is 17.1 Å². The number of hydrogen-bond acceptors (Lipinski definition) is 6. The Hall–Kier alpha value is -3.62. The monoisotopic (exact) mass is 406 g/mol. The van der Waals surface area contributed by atoms with E-state index in [9.17, 15) is 13.0 Å². The lowest BCUT2D eigenvalue weighted by molar-refractivity contribution is 0.484. The van der Waals surface area contributed by atoms with Gasteiger partial charge in [0.2, 0.25) is 0 Å². The first-order chi connectivity index (χ1) is 13.8. The predicted molar refractivity (Wildman–Crippen MR) is 115 cm³/mol. The van der Waals surface area contributed by atoms with E-state index >= 15 is 0 Å². The third kappa shape index (κ3) is 4.29. The van der Waals surface area contributed by atoms with Gasteiger partial charge in [-0.25, -0.2) is 0 Å². The van der Waals surface area contributed by atoms with E-state index in [0.717, 1.165) is 5.57 Å². The predicted octanol–water partition coefficient (Wildman–Crippen LogP) is 5.23. The fourth-order valence-corrected chi connectivity index (χ4v) is 3.48. The summed E-state index contributed by atoms with van der Waals surface area (Å²) in [6, 6.07) is 11.2. The smallest absolute Gasteiger partial charge is 0.295 e. The molecule has 2 aromatic carbocycles. The van der Waals surface area contributed by atoms with Gasteiger partial charge in [-0.3, -0.25) is 9.54 Å². The van der Waals surface area contributed by atoms with Gasteiger partial charge in [-0.2, -0.15) is 8.42 Å². The van der Waals surface area contributed by atoms with Crippen LogP contribution in [0.2, 0.25) is 0 Å². The highest BCUT2D eigenvalue weighted by Crippen LogP contribution is 2.36. The van der Waals surface area contributed by atoms with Crippen LogP contribution in [-0.2, 0) is 10.1 Å². The summed E-state index contributed by atoms with van der Waals surface area (Å²) in [5.41, 5.74) is 8.45. The summed E-state index contributed by atoms with van der Waals surface area (Å²) < 4.78 is 33.1. The third-order valence-electron chi connectivity index (χ3n) is 4.14. The molecule has 1 aromatic heterocycles. The first kappa shape index (κ1) is 20.1. The number of anilines is 1. The van der Waals surface area contributed by atoms with Gasteiger partial charge in [0.1, 0.15) is 16.3 Å². The number of aromatic nitrogens is 1. The van der Waals surface area contributed by atoms with Crippen molar-refractivity contribution in [3.05, 3.63) is 85.7 Å². The van der Waals surface area contributed by atoms with Crippen molar-refractivity contribution in [1.82, 2.24) is 4.98 Å². The van der Waals surface area contributed by atoms with Gasteiger partial charge in [-0.05, 0) is 23.8 Å². The molecular weight excluding hydrogens is 388 g/mol. The van der Waals surface area contributed by atoms with E-state index in [0.29, 0.717) is 22.2 Å². The van der Waals surface area contributed by atoms with Crippen molar-refractivity contribution in [3.8, 4) is 0 Å². The number of nitrogen functional groups attached to an aromatic ring is 1. The van der Waals surface area contributed by atoms with Crippen molar-refractivity contribution in [2.45, 2.75) is 4.90 Å². The van der Waals surface area contributed by atoms with Crippen molar-refractivity contribution in [2.75, 3.05) is 5.73 Å². The van der Waals surface area contributed by atoms with Gasteiger partial charge in [0.15, 0.2) is 0 Å². The lowest BCUT2D eigenvalue weighted by Crippen LogP contribution is -2.01. The Balaban J connectivity index is 2.03. The van der Waals surface area contributed by atoms with E-state index in [-0.39, 0.29) is 16.3 Å². The highest BCUT2D eigenvalue weighted by atomic mass is 32.2. The Morgan fingerprint density at radius 2 is 1.83 bits per heavy atom. The molecular formula is C21H18N4O3S. The van der Waals surface area contributed by atoms with Crippen LogP contribution < -0.4 is 5.73 Å². The average Bonchev–Trinajstić information content (AvgIpc) is 2.71. The third-order valence-corrected chi connectivity index (χ3v) is 5.03. The molecule has 3 N–H and O–H groups in total. The van der Waals surface area contributed by atoms with Crippen molar-refractivity contribution in [2.24, 2.45) is 10.2 Å². The highest BCUT2D eigenvalue weighted by Gasteiger charge is 2.18. The summed E-state index contributed by atoms with van der Waals surface area (Å²) in [7, 11) is -4.47. The Kier molecular flexibility index (Phi) is 5.67. The normalized spacial score (nSPS) is 12.4. The summed E-state index contributed by atoms with van der Waals surface area (Å²) >= 11 is 0. The molecule has 0 saturated heterocycles. The van der Waals surface area contributed by atoms with Gasteiger partial charge in [-0.15, -0.1) is 10.2 Å². The minimum absolute atomic E-state index is 0.124. The van der Waals surface area contributed by atoms with Crippen LogP contribution in [0.15, 0.2) is 95.2 Å². The Labute approximate surface area is 168 Å². The maximum Gasteiger partial charge on any atom is 0.295 e. The second-order valence-corrected chi connectivity index (χ2v) is 7.38. The summed E-state index contributed by atoms with van der Waals surface area (Å²) in [6.45, 7) is 7.39. The molecule has 7 nitrogen and oxygen atoms in total. The fraction of sp³-hybridized carbons (Fsp3) is 0. The molecule has 3 rings (SSSR count). The van der Waals surface area contributed by atoms with Crippen molar-refractivity contribution in [3.63, 3.8) is 0 Å². The minimum atomic E-state index is -4.47. The molecule has 0 amide bonds. The molecule has 0 aliphatic rings. The fourth-order valence-electron chi connectivity index (χ4n) is 2.76. The number of fused-ring (bicyclic) bond motifs is 1. The van der Waals surface area contributed by atoms with Crippen LogP contribution in [0.1, 0.15) is 5.69 Å². The second kappa shape index (κ2) is 8.17. The van der Waals surface area contributed by atoms with Crippen molar-refractivity contribution in [1.29, 1.82) is 0 Å². The van der Waals surface area contributed by atoms with Crippen molar-refractivity contribution >= 4 is 43.5 Å². The standard InChI is InChI=1S/C21H18N4O3S/c1-3-7-14(4-2)18-11-10-15(13-23-18)24-25-19-12-20(29(26,27)28)16-8-5-6-9-17(16)21(19)22/h3-13H,1-2,22H2,(H,26,27,28)/b14-7+,25-24+. The lowest BCUT2D eigenvalue weighted by atomic mass is 10.1. The molecule has 0 spiro atoms. The summed E-state index contributed by atoms with van der Waals surface area (Å²) in [6.07, 6.45) is 6.60. The van der Waals surface area contributed by atoms with Gasteiger partial charge in [0, 0.05) is 10.8 Å². The zero-order valence-corrected chi connectivity index (χ0v) is 16.2. The van der Waals surface area contributed by atoms with Crippen LogP contribution in [-0.4, -0.2) is 18.0 Å². The number of pyridine rings is 1. The quantitative estimate of drug-likeness (QED) is 0.251. The second-order valence-electron chi connectivity index (χ2n) is 5.99. The van der Waals surface area contributed by atoms with E-state index < -0.39 is 10.1 Å². The largest absolute Gasteiger partial charge is 0.396 e. The van der Waals surface area contributed by atoms with Crippen molar-refractivity contribution < 1.29 is 13.0 Å². The molecule has 0 atom stereocenters. The SMILES string of the molecule is C=C/C=C(\C=C)c1ccc(/N=N/c2cc(S(=O)(=O)O)c3ccccc3c2N)cn1. The molecule has 0 radical (unpaired) electrons. The molecule has 0 unspecified atom stereocenters. The Bertz CT molecular complexity index is 1260. The van der Waals surface area contributed by atoms with Crippen LogP contribution in [0.25, 0.3) is 16.3 Å². The number of rotatable bonds is 6. The number of hydrogen-bond donors (Lipinski definition) is 2. The first-order valence-corrected chi connectivity index (χ1v) is 9.91. The Morgan fingerprint density at radius 1 is 1.10 bits per heavy atom. The minimum Gasteiger partial charge on any atom is -0.396 e. The van der Waals surface area contributed by atoms with E-state index in [4.69, 9.17) is 5.73 Å². The topological polar surface area (TPSA) is 118 Å². The first-order valence-electron chi connectivity index (χ1n) is 8.47. The summed E-state index contributed by atoms with van der Waals surface area (Å²) in [5.74, 6) is 0. The molecule has 0 saturated carbocycles. The van der Waals surface area contributed by atoms with Gasteiger partial charge >= 0.3 is 0 Å². The number of nitrogens with zero attached hydrogens (tertiary/aromatic N) is 3. The van der Waals surface area contributed by atoms with Gasteiger partial charge in [-0.1, -0.05) is 55.7 Å². The molecule has 0 fully saturated rings. The molecule has 3 aromatic rings. The van der Waals surface area contributed by atoms with E-state index in [1.54, 1.807) is 54.6 Å².